The molecule has 0 atom stereocenters. The van der Waals surface area contributed by atoms with Crippen molar-refractivity contribution in [2.24, 2.45) is 0 Å². The molecule has 3 rings (SSSR count). The smallest absolute Gasteiger partial charge is 0.137 e. The van der Waals surface area contributed by atoms with Crippen molar-refractivity contribution in [2.45, 2.75) is 13.1 Å². The zero-order chi connectivity index (χ0) is 13.1. The molecule has 19 heavy (non-hydrogen) atoms. The number of aromatic nitrogens is 2. The summed E-state index contributed by atoms with van der Waals surface area (Å²) in [5.41, 5.74) is 3.45. The molecule has 0 saturated heterocycles. The first-order chi connectivity index (χ1) is 9.34. The maximum atomic E-state index is 4.29. The average Bonchev–Trinajstić information content (AvgIpc) is 2.85. The number of benzene rings is 1. The highest BCUT2D eigenvalue weighted by Gasteiger charge is 2.03. The summed E-state index contributed by atoms with van der Waals surface area (Å²) < 4.78 is 1.14. The summed E-state index contributed by atoms with van der Waals surface area (Å²) >= 11 is 3.56. The van der Waals surface area contributed by atoms with Crippen LogP contribution in [0.5, 0.6) is 0 Å². The van der Waals surface area contributed by atoms with Gasteiger partial charge < -0.3 is 10.3 Å². The monoisotopic (exact) mass is 315 g/mol. The van der Waals surface area contributed by atoms with Crippen LogP contribution in [0.3, 0.4) is 0 Å². The van der Waals surface area contributed by atoms with Crippen LogP contribution >= 0.6 is 15.9 Å². The number of nitrogens with zero attached hydrogens (tertiary/aromatic N) is 1. The van der Waals surface area contributed by atoms with Crippen molar-refractivity contribution < 1.29 is 0 Å². The minimum absolute atomic E-state index is 0.826. The second kappa shape index (κ2) is 5.55. The van der Waals surface area contributed by atoms with Crippen molar-refractivity contribution in [3.63, 3.8) is 0 Å². The highest BCUT2D eigenvalue weighted by Crippen LogP contribution is 2.17. The fourth-order valence-electron chi connectivity index (χ4n) is 2.13. The Morgan fingerprint density at radius 1 is 1.05 bits per heavy atom. The number of fused-ring (bicyclic) bond motifs is 1. The van der Waals surface area contributed by atoms with Crippen LogP contribution in [0.2, 0.25) is 0 Å². The fourth-order valence-corrected chi connectivity index (χ4v) is 2.56. The standard InChI is InChI=1S/C15H14BrN3/c16-14-6-2-1-4-11(14)8-17-9-12-10-19-15-13(12)5-3-7-18-15/h1-7,10,17H,8-9H2,(H,18,19). The van der Waals surface area contributed by atoms with Gasteiger partial charge in [0.1, 0.15) is 5.65 Å². The van der Waals surface area contributed by atoms with E-state index in [1.807, 2.05) is 18.3 Å². The van der Waals surface area contributed by atoms with Gasteiger partial charge in [-0.05, 0) is 29.3 Å². The molecule has 3 nitrogen and oxygen atoms in total. The summed E-state index contributed by atoms with van der Waals surface area (Å²) in [5, 5.41) is 4.64. The minimum atomic E-state index is 0.826. The van der Waals surface area contributed by atoms with Gasteiger partial charge in [-0.3, -0.25) is 0 Å². The predicted molar refractivity (Wildman–Crippen MR) is 80.8 cm³/mol. The minimum Gasteiger partial charge on any atom is -0.346 e. The molecule has 0 saturated carbocycles. The normalized spacial score (nSPS) is 11.0. The number of nitrogens with one attached hydrogen (secondary N) is 2. The average molecular weight is 316 g/mol. The molecule has 1 aromatic carbocycles. The molecule has 0 radical (unpaired) electrons. The van der Waals surface area contributed by atoms with Gasteiger partial charge in [0.25, 0.3) is 0 Å². The molecular weight excluding hydrogens is 302 g/mol. The van der Waals surface area contributed by atoms with Crippen molar-refractivity contribution >= 4 is 27.0 Å². The van der Waals surface area contributed by atoms with Crippen molar-refractivity contribution in [1.29, 1.82) is 0 Å². The summed E-state index contributed by atoms with van der Waals surface area (Å²) in [4.78, 5) is 7.48. The van der Waals surface area contributed by atoms with E-state index in [1.165, 1.54) is 16.5 Å². The zero-order valence-corrected chi connectivity index (χ0v) is 11.9. The largest absolute Gasteiger partial charge is 0.346 e. The molecule has 0 fully saturated rings. The molecule has 2 aromatic heterocycles. The summed E-state index contributed by atoms with van der Waals surface area (Å²) in [6.45, 7) is 1.67. The van der Waals surface area contributed by atoms with Crippen LogP contribution in [0.15, 0.2) is 53.3 Å². The van der Waals surface area contributed by atoms with Crippen LogP contribution in [0.4, 0.5) is 0 Å². The molecule has 2 N–H and O–H groups in total. The number of rotatable bonds is 4. The second-order valence-corrected chi connectivity index (χ2v) is 5.26. The van der Waals surface area contributed by atoms with E-state index in [9.17, 15) is 0 Å². The molecule has 0 spiro atoms. The molecule has 2 heterocycles. The number of aromatic amines is 1. The lowest BCUT2D eigenvalue weighted by Crippen LogP contribution is -2.12. The van der Waals surface area contributed by atoms with E-state index in [2.05, 4.69) is 55.5 Å². The van der Waals surface area contributed by atoms with Gasteiger partial charge in [-0.25, -0.2) is 4.98 Å². The van der Waals surface area contributed by atoms with E-state index in [-0.39, 0.29) is 0 Å². The van der Waals surface area contributed by atoms with E-state index in [4.69, 9.17) is 0 Å². The number of hydrogen-bond donors (Lipinski definition) is 2. The van der Waals surface area contributed by atoms with Crippen LogP contribution in [0.1, 0.15) is 11.1 Å². The van der Waals surface area contributed by atoms with Crippen LogP contribution in [-0.4, -0.2) is 9.97 Å². The third-order valence-electron chi connectivity index (χ3n) is 3.13. The number of hydrogen-bond acceptors (Lipinski definition) is 2. The third-order valence-corrected chi connectivity index (χ3v) is 3.90. The SMILES string of the molecule is Brc1ccccc1CNCc1c[nH]c2ncccc12. The first kappa shape index (κ1) is 12.4. The lowest BCUT2D eigenvalue weighted by Gasteiger charge is -2.06. The molecule has 96 valence electrons. The van der Waals surface area contributed by atoms with Crippen molar-refractivity contribution in [3.8, 4) is 0 Å². The Labute approximate surface area is 120 Å². The Morgan fingerprint density at radius 2 is 1.89 bits per heavy atom. The number of halogens is 1. The van der Waals surface area contributed by atoms with Gasteiger partial charge in [0.2, 0.25) is 0 Å². The van der Waals surface area contributed by atoms with Crippen LogP contribution in [0.25, 0.3) is 11.0 Å². The third kappa shape index (κ3) is 2.69. The fraction of sp³-hybridized carbons (Fsp3) is 0.133. The summed E-state index contributed by atoms with van der Waals surface area (Å²) in [5.74, 6) is 0. The van der Waals surface area contributed by atoms with E-state index < -0.39 is 0 Å². The highest BCUT2D eigenvalue weighted by molar-refractivity contribution is 9.10. The van der Waals surface area contributed by atoms with E-state index >= 15 is 0 Å². The Balaban J connectivity index is 1.68. The van der Waals surface area contributed by atoms with Crippen LogP contribution < -0.4 is 5.32 Å². The molecule has 0 aliphatic heterocycles. The Kier molecular flexibility index (Phi) is 3.62. The summed E-state index contributed by atoms with van der Waals surface area (Å²) in [6, 6.07) is 12.3. The van der Waals surface area contributed by atoms with Gasteiger partial charge >= 0.3 is 0 Å². The summed E-state index contributed by atoms with van der Waals surface area (Å²) in [6.07, 6.45) is 3.82. The molecular formula is C15H14BrN3. The van der Waals surface area contributed by atoms with Gasteiger partial charge in [-0.1, -0.05) is 34.1 Å². The van der Waals surface area contributed by atoms with Gasteiger partial charge in [0.15, 0.2) is 0 Å². The van der Waals surface area contributed by atoms with Gasteiger partial charge in [0.05, 0.1) is 0 Å². The molecule has 0 aliphatic rings. The molecule has 0 amide bonds. The number of H-pyrrole nitrogens is 1. The lowest BCUT2D eigenvalue weighted by molar-refractivity contribution is 0.694. The van der Waals surface area contributed by atoms with Crippen molar-refractivity contribution in [3.05, 3.63) is 64.4 Å². The first-order valence-corrected chi connectivity index (χ1v) is 6.99. The molecule has 0 unspecified atom stereocenters. The quantitative estimate of drug-likeness (QED) is 0.772. The van der Waals surface area contributed by atoms with Crippen LogP contribution in [0, 0.1) is 0 Å². The topological polar surface area (TPSA) is 40.7 Å². The zero-order valence-electron chi connectivity index (χ0n) is 10.4. The maximum Gasteiger partial charge on any atom is 0.137 e. The van der Waals surface area contributed by atoms with E-state index in [1.54, 1.807) is 6.20 Å². The Morgan fingerprint density at radius 3 is 2.79 bits per heavy atom. The predicted octanol–water partition coefficient (Wildman–Crippen LogP) is 3.62. The highest BCUT2D eigenvalue weighted by atomic mass is 79.9. The van der Waals surface area contributed by atoms with Gasteiger partial charge in [0, 0.05) is 35.3 Å². The lowest BCUT2D eigenvalue weighted by atomic mass is 10.2. The Hall–Kier alpha value is -1.65. The van der Waals surface area contributed by atoms with Gasteiger partial charge in [-0.15, -0.1) is 0 Å². The Bertz CT molecular complexity index is 690. The van der Waals surface area contributed by atoms with E-state index in [0.29, 0.717) is 0 Å². The molecule has 3 aromatic rings. The second-order valence-electron chi connectivity index (χ2n) is 4.41. The first-order valence-electron chi connectivity index (χ1n) is 6.20. The van der Waals surface area contributed by atoms with Crippen LogP contribution in [-0.2, 0) is 13.1 Å². The molecule has 0 aliphatic carbocycles. The van der Waals surface area contributed by atoms with Crippen molar-refractivity contribution in [2.75, 3.05) is 0 Å². The molecule has 0 bridgehead atoms. The molecule has 4 heteroatoms. The maximum absolute atomic E-state index is 4.29. The number of pyridine rings is 1. The summed E-state index contributed by atoms with van der Waals surface area (Å²) in [7, 11) is 0. The van der Waals surface area contributed by atoms with E-state index in [0.717, 1.165) is 23.2 Å². The van der Waals surface area contributed by atoms with Crippen molar-refractivity contribution in [1.82, 2.24) is 15.3 Å². The van der Waals surface area contributed by atoms with Gasteiger partial charge in [-0.2, -0.15) is 0 Å².